The minimum atomic E-state index is -0.190. The quantitative estimate of drug-likeness (QED) is 0.840. The first-order chi connectivity index (χ1) is 10.3. The Morgan fingerprint density at radius 1 is 1.27 bits per heavy atom. The molecule has 0 unspecified atom stereocenters. The van der Waals surface area contributed by atoms with Crippen molar-refractivity contribution in [1.29, 1.82) is 0 Å². The smallest absolute Gasteiger partial charge is 0.168 e. The molecular formula is C18H23NO3. The Labute approximate surface area is 131 Å². The molecule has 4 heteroatoms. The molecule has 1 aromatic rings. The number of hydrogen-bond acceptors (Lipinski definition) is 4. The lowest BCUT2D eigenvalue weighted by atomic mass is 9.76. The molecule has 118 valence electrons. The van der Waals surface area contributed by atoms with Crippen LogP contribution in [0, 0.1) is 5.41 Å². The van der Waals surface area contributed by atoms with E-state index in [0.29, 0.717) is 30.7 Å². The molecule has 0 saturated heterocycles. The molecule has 0 amide bonds. The van der Waals surface area contributed by atoms with Crippen molar-refractivity contribution in [2.75, 3.05) is 6.61 Å². The van der Waals surface area contributed by atoms with Crippen LogP contribution in [0.25, 0.3) is 0 Å². The summed E-state index contributed by atoms with van der Waals surface area (Å²) in [5.74, 6) is 0.894. The summed E-state index contributed by atoms with van der Waals surface area (Å²) in [5, 5.41) is 10.2. The second-order valence-electron chi connectivity index (χ2n) is 6.39. The topological polar surface area (TPSA) is 58.9 Å². The van der Waals surface area contributed by atoms with Crippen molar-refractivity contribution < 1.29 is 14.6 Å². The summed E-state index contributed by atoms with van der Waals surface area (Å²) in [6.45, 7) is 8.28. The van der Waals surface area contributed by atoms with Crippen molar-refractivity contribution in [3.63, 3.8) is 0 Å². The fourth-order valence-electron chi connectivity index (χ4n) is 2.73. The number of aliphatic hydroxyl groups excluding tert-OH is 1. The second kappa shape index (κ2) is 6.34. The van der Waals surface area contributed by atoms with Crippen molar-refractivity contribution in [1.82, 2.24) is 0 Å². The van der Waals surface area contributed by atoms with E-state index in [1.165, 1.54) is 0 Å². The number of ketones is 1. The summed E-state index contributed by atoms with van der Waals surface area (Å²) in [5.41, 5.74) is 1.47. The molecule has 0 heterocycles. The van der Waals surface area contributed by atoms with E-state index >= 15 is 0 Å². The van der Waals surface area contributed by atoms with E-state index in [1.807, 2.05) is 45.0 Å². The van der Waals surface area contributed by atoms with Crippen molar-refractivity contribution in [2.45, 2.75) is 40.5 Å². The second-order valence-corrected chi connectivity index (χ2v) is 6.39. The highest BCUT2D eigenvalue weighted by atomic mass is 16.5. The fourth-order valence-corrected chi connectivity index (χ4v) is 2.73. The number of hydrogen-bond donors (Lipinski definition) is 1. The number of ether oxygens (including phenoxy) is 1. The zero-order valence-electron chi connectivity index (χ0n) is 13.6. The van der Waals surface area contributed by atoms with Gasteiger partial charge in [0.2, 0.25) is 0 Å². The van der Waals surface area contributed by atoms with Crippen LogP contribution in [0.4, 0.5) is 5.69 Å². The average molecular weight is 301 g/mol. The SMILES string of the molecule is CCOc1ccc(N=C(C)C2=C(O)CC(C)(C)CC2=O)cc1. The van der Waals surface area contributed by atoms with Gasteiger partial charge in [0.1, 0.15) is 11.5 Å². The predicted molar refractivity (Wildman–Crippen MR) is 88.1 cm³/mol. The van der Waals surface area contributed by atoms with Gasteiger partial charge in [0.05, 0.1) is 23.6 Å². The van der Waals surface area contributed by atoms with Gasteiger partial charge in [0.15, 0.2) is 5.78 Å². The highest BCUT2D eigenvalue weighted by Gasteiger charge is 2.33. The summed E-state index contributed by atoms with van der Waals surface area (Å²) in [6, 6.07) is 7.36. The molecule has 1 aliphatic rings. The van der Waals surface area contributed by atoms with Crippen LogP contribution in [0.15, 0.2) is 40.6 Å². The maximum atomic E-state index is 12.3. The van der Waals surface area contributed by atoms with Gasteiger partial charge in [-0.15, -0.1) is 0 Å². The van der Waals surface area contributed by atoms with Crippen molar-refractivity contribution in [3.05, 3.63) is 35.6 Å². The van der Waals surface area contributed by atoms with E-state index in [0.717, 1.165) is 11.4 Å². The normalized spacial score (nSPS) is 18.5. The van der Waals surface area contributed by atoms with Crippen LogP contribution in [0.1, 0.15) is 40.5 Å². The van der Waals surface area contributed by atoms with Crippen molar-refractivity contribution >= 4 is 17.2 Å². The maximum absolute atomic E-state index is 12.3. The zero-order chi connectivity index (χ0) is 16.3. The van der Waals surface area contributed by atoms with Crippen LogP contribution in [-0.2, 0) is 4.79 Å². The van der Waals surface area contributed by atoms with Gasteiger partial charge in [0.25, 0.3) is 0 Å². The molecule has 0 saturated carbocycles. The third-order valence-electron chi connectivity index (χ3n) is 3.66. The van der Waals surface area contributed by atoms with E-state index in [1.54, 1.807) is 6.92 Å². The number of carbonyl (C=O) groups excluding carboxylic acids is 1. The van der Waals surface area contributed by atoms with Gasteiger partial charge in [-0.2, -0.15) is 0 Å². The minimum Gasteiger partial charge on any atom is -0.511 e. The molecule has 0 aliphatic heterocycles. The van der Waals surface area contributed by atoms with Gasteiger partial charge >= 0.3 is 0 Å². The van der Waals surface area contributed by atoms with Gasteiger partial charge in [-0.05, 0) is 43.5 Å². The van der Waals surface area contributed by atoms with Gasteiger partial charge < -0.3 is 9.84 Å². The van der Waals surface area contributed by atoms with Gasteiger partial charge in [0, 0.05) is 12.8 Å². The monoisotopic (exact) mass is 301 g/mol. The number of carbonyl (C=O) groups is 1. The van der Waals surface area contributed by atoms with Crippen LogP contribution in [-0.4, -0.2) is 23.2 Å². The van der Waals surface area contributed by atoms with Crippen LogP contribution >= 0.6 is 0 Å². The summed E-state index contributed by atoms with van der Waals surface area (Å²) in [4.78, 5) is 16.7. The molecule has 0 bridgehead atoms. The molecule has 0 spiro atoms. The minimum absolute atomic E-state index is 0.0408. The van der Waals surface area contributed by atoms with Crippen LogP contribution in [0.3, 0.4) is 0 Å². The third-order valence-corrected chi connectivity index (χ3v) is 3.66. The lowest BCUT2D eigenvalue weighted by molar-refractivity contribution is -0.117. The summed E-state index contributed by atoms with van der Waals surface area (Å²) in [6.07, 6.45) is 0.937. The number of aliphatic imine (C=N–C) groups is 1. The van der Waals surface area contributed by atoms with E-state index in [4.69, 9.17) is 4.74 Å². The first kappa shape index (κ1) is 16.3. The lowest BCUT2D eigenvalue weighted by Gasteiger charge is -2.29. The van der Waals surface area contributed by atoms with Gasteiger partial charge in [-0.1, -0.05) is 13.8 Å². The largest absolute Gasteiger partial charge is 0.511 e. The molecular weight excluding hydrogens is 278 g/mol. The van der Waals surface area contributed by atoms with Crippen molar-refractivity contribution in [3.8, 4) is 5.75 Å². The molecule has 2 rings (SSSR count). The van der Waals surface area contributed by atoms with Crippen molar-refractivity contribution in [2.24, 2.45) is 10.4 Å². The summed E-state index contributed by atoms with van der Waals surface area (Å²) < 4.78 is 5.39. The Morgan fingerprint density at radius 2 is 1.91 bits per heavy atom. The molecule has 1 aliphatic carbocycles. The predicted octanol–water partition coefficient (Wildman–Crippen LogP) is 4.38. The molecule has 0 radical (unpaired) electrons. The van der Waals surface area contributed by atoms with Gasteiger partial charge in [-0.3, -0.25) is 9.79 Å². The number of allylic oxidation sites excluding steroid dienone is 2. The first-order valence-electron chi connectivity index (χ1n) is 7.56. The third kappa shape index (κ3) is 3.75. The number of benzene rings is 1. The van der Waals surface area contributed by atoms with Gasteiger partial charge in [-0.25, -0.2) is 0 Å². The summed E-state index contributed by atoms with van der Waals surface area (Å²) >= 11 is 0. The van der Waals surface area contributed by atoms with Crippen LogP contribution in [0.2, 0.25) is 0 Å². The van der Waals surface area contributed by atoms with E-state index in [-0.39, 0.29) is 17.0 Å². The number of rotatable bonds is 4. The molecule has 1 aromatic carbocycles. The number of aliphatic hydroxyl groups is 1. The summed E-state index contributed by atoms with van der Waals surface area (Å²) in [7, 11) is 0. The Kier molecular flexibility index (Phi) is 4.69. The Hall–Kier alpha value is -2.10. The van der Waals surface area contributed by atoms with Crippen LogP contribution < -0.4 is 4.74 Å². The Morgan fingerprint density at radius 3 is 2.45 bits per heavy atom. The standard InChI is InChI=1S/C18H23NO3/c1-5-22-14-8-6-13(7-9-14)19-12(2)17-15(20)10-18(3,4)11-16(17)21/h6-9,20H,5,10-11H2,1-4H3. The lowest BCUT2D eigenvalue weighted by Crippen LogP contribution is -2.28. The zero-order valence-corrected chi connectivity index (χ0v) is 13.6. The number of nitrogens with zero attached hydrogens (tertiary/aromatic N) is 1. The Balaban J connectivity index is 2.26. The molecule has 0 aromatic heterocycles. The first-order valence-corrected chi connectivity index (χ1v) is 7.56. The molecule has 0 fully saturated rings. The molecule has 0 atom stereocenters. The average Bonchev–Trinajstić information content (AvgIpc) is 2.39. The maximum Gasteiger partial charge on any atom is 0.168 e. The van der Waals surface area contributed by atoms with E-state index in [9.17, 15) is 9.90 Å². The Bertz CT molecular complexity index is 624. The molecule has 1 N–H and O–H groups in total. The van der Waals surface area contributed by atoms with E-state index in [2.05, 4.69) is 4.99 Å². The molecule has 22 heavy (non-hydrogen) atoms. The highest BCUT2D eigenvalue weighted by Crippen LogP contribution is 2.36. The number of Topliss-reactive ketones (excluding diaryl/α,β-unsaturated/α-hetero) is 1. The fraction of sp³-hybridized carbons (Fsp3) is 0.444. The van der Waals surface area contributed by atoms with E-state index < -0.39 is 0 Å². The van der Waals surface area contributed by atoms with Crippen LogP contribution in [0.5, 0.6) is 5.75 Å². The molecule has 4 nitrogen and oxygen atoms in total. The highest BCUT2D eigenvalue weighted by molar-refractivity contribution is 6.23.